The number of amides is 1. The number of benzene rings is 2. The SMILES string of the molecule is CC(C)COc1ccc(C(=O)OCC(=O)NCc2ccc3c(c2)OCO3)cc1. The normalized spacial score (nSPS) is 12.0. The molecule has 0 unspecified atom stereocenters. The zero-order valence-electron chi connectivity index (χ0n) is 15.9. The minimum absolute atomic E-state index is 0.200. The Hall–Kier alpha value is -3.22. The smallest absolute Gasteiger partial charge is 0.338 e. The quantitative estimate of drug-likeness (QED) is 0.704. The predicted molar refractivity (Wildman–Crippen MR) is 101 cm³/mol. The van der Waals surface area contributed by atoms with Crippen molar-refractivity contribution in [3.8, 4) is 17.2 Å². The van der Waals surface area contributed by atoms with Gasteiger partial charge in [-0.1, -0.05) is 19.9 Å². The van der Waals surface area contributed by atoms with Gasteiger partial charge in [-0.15, -0.1) is 0 Å². The molecular formula is C21H23NO6. The molecule has 1 heterocycles. The van der Waals surface area contributed by atoms with Crippen LogP contribution in [0.3, 0.4) is 0 Å². The Morgan fingerprint density at radius 1 is 1.07 bits per heavy atom. The van der Waals surface area contributed by atoms with Crippen LogP contribution < -0.4 is 19.5 Å². The van der Waals surface area contributed by atoms with E-state index in [9.17, 15) is 9.59 Å². The summed E-state index contributed by atoms with van der Waals surface area (Å²) in [6.45, 7) is 4.87. The maximum absolute atomic E-state index is 12.1. The summed E-state index contributed by atoms with van der Waals surface area (Å²) in [7, 11) is 0. The van der Waals surface area contributed by atoms with Crippen LogP contribution in [0.15, 0.2) is 42.5 Å². The third kappa shape index (κ3) is 5.39. The first kappa shape index (κ1) is 19.5. The fourth-order valence-electron chi connectivity index (χ4n) is 2.47. The van der Waals surface area contributed by atoms with Crippen LogP contribution in [0.25, 0.3) is 0 Å². The van der Waals surface area contributed by atoms with Crippen molar-refractivity contribution in [1.29, 1.82) is 0 Å². The fraction of sp³-hybridized carbons (Fsp3) is 0.333. The number of rotatable bonds is 8. The number of nitrogens with one attached hydrogen (secondary N) is 1. The van der Waals surface area contributed by atoms with Crippen molar-refractivity contribution in [3.63, 3.8) is 0 Å². The highest BCUT2D eigenvalue weighted by Crippen LogP contribution is 2.32. The molecule has 3 rings (SSSR count). The van der Waals surface area contributed by atoms with Crippen LogP contribution in [0.4, 0.5) is 0 Å². The van der Waals surface area contributed by atoms with Gasteiger partial charge in [0.1, 0.15) is 5.75 Å². The molecule has 0 bridgehead atoms. The summed E-state index contributed by atoms with van der Waals surface area (Å²) in [5.74, 6) is 1.49. The minimum Gasteiger partial charge on any atom is -0.493 e. The lowest BCUT2D eigenvalue weighted by Gasteiger charge is -2.09. The number of ether oxygens (including phenoxy) is 4. The third-order valence-corrected chi connectivity index (χ3v) is 3.93. The van der Waals surface area contributed by atoms with Crippen LogP contribution in [-0.4, -0.2) is 31.9 Å². The van der Waals surface area contributed by atoms with Crippen molar-refractivity contribution < 1.29 is 28.5 Å². The van der Waals surface area contributed by atoms with Crippen molar-refractivity contribution in [2.75, 3.05) is 20.0 Å². The molecule has 1 amide bonds. The highest BCUT2D eigenvalue weighted by atomic mass is 16.7. The molecule has 7 heteroatoms. The summed E-state index contributed by atoms with van der Waals surface area (Å²) in [5, 5.41) is 2.70. The molecule has 0 saturated carbocycles. The van der Waals surface area contributed by atoms with Gasteiger partial charge in [0.25, 0.3) is 5.91 Å². The van der Waals surface area contributed by atoms with E-state index >= 15 is 0 Å². The number of carbonyl (C=O) groups excluding carboxylic acids is 2. The molecule has 0 spiro atoms. The molecule has 2 aromatic carbocycles. The molecular weight excluding hydrogens is 362 g/mol. The lowest BCUT2D eigenvalue weighted by atomic mass is 10.2. The van der Waals surface area contributed by atoms with E-state index < -0.39 is 5.97 Å². The van der Waals surface area contributed by atoms with Gasteiger partial charge in [-0.05, 0) is 47.9 Å². The van der Waals surface area contributed by atoms with Crippen molar-refractivity contribution >= 4 is 11.9 Å². The van der Waals surface area contributed by atoms with Gasteiger partial charge >= 0.3 is 5.97 Å². The van der Waals surface area contributed by atoms with E-state index in [0.29, 0.717) is 41.9 Å². The summed E-state index contributed by atoms with van der Waals surface area (Å²) in [4.78, 5) is 24.0. The monoisotopic (exact) mass is 385 g/mol. The van der Waals surface area contributed by atoms with Crippen molar-refractivity contribution in [1.82, 2.24) is 5.32 Å². The largest absolute Gasteiger partial charge is 0.493 e. The Kier molecular flexibility index (Phi) is 6.37. The molecule has 0 atom stereocenters. The summed E-state index contributed by atoms with van der Waals surface area (Å²) in [6, 6.07) is 12.1. The minimum atomic E-state index is -0.561. The number of carbonyl (C=O) groups is 2. The second kappa shape index (κ2) is 9.12. The van der Waals surface area contributed by atoms with E-state index in [1.165, 1.54) is 0 Å². The molecule has 0 aliphatic carbocycles. The van der Waals surface area contributed by atoms with Gasteiger partial charge in [-0.3, -0.25) is 4.79 Å². The van der Waals surface area contributed by atoms with E-state index in [1.807, 2.05) is 6.07 Å². The fourth-order valence-corrected chi connectivity index (χ4v) is 2.47. The lowest BCUT2D eigenvalue weighted by Crippen LogP contribution is -2.28. The molecule has 28 heavy (non-hydrogen) atoms. The Morgan fingerprint density at radius 3 is 2.57 bits per heavy atom. The zero-order chi connectivity index (χ0) is 19.9. The number of hydrogen-bond acceptors (Lipinski definition) is 6. The lowest BCUT2D eigenvalue weighted by molar-refractivity contribution is -0.124. The Bertz CT molecular complexity index is 831. The molecule has 0 radical (unpaired) electrons. The first-order chi connectivity index (χ1) is 13.5. The Balaban J connectivity index is 1.42. The van der Waals surface area contributed by atoms with Crippen LogP contribution in [0.5, 0.6) is 17.2 Å². The van der Waals surface area contributed by atoms with Gasteiger partial charge in [-0.25, -0.2) is 4.79 Å². The van der Waals surface area contributed by atoms with E-state index in [0.717, 1.165) is 5.56 Å². The maximum Gasteiger partial charge on any atom is 0.338 e. The highest BCUT2D eigenvalue weighted by Gasteiger charge is 2.14. The van der Waals surface area contributed by atoms with Crippen molar-refractivity contribution in [2.45, 2.75) is 20.4 Å². The molecule has 0 aromatic heterocycles. The zero-order valence-corrected chi connectivity index (χ0v) is 15.9. The number of fused-ring (bicyclic) bond motifs is 1. The molecule has 1 aliphatic rings. The van der Waals surface area contributed by atoms with Crippen LogP contribution in [0.2, 0.25) is 0 Å². The van der Waals surface area contributed by atoms with Gasteiger partial charge in [0, 0.05) is 6.54 Å². The van der Waals surface area contributed by atoms with Crippen molar-refractivity contribution in [2.24, 2.45) is 5.92 Å². The predicted octanol–water partition coefficient (Wildman–Crippen LogP) is 2.92. The Morgan fingerprint density at radius 2 is 1.82 bits per heavy atom. The van der Waals surface area contributed by atoms with Crippen molar-refractivity contribution in [3.05, 3.63) is 53.6 Å². The molecule has 1 aliphatic heterocycles. The number of esters is 1. The first-order valence-corrected chi connectivity index (χ1v) is 9.06. The summed E-state index contributed by atoms with van der Waals surface area (Å²) >= 11 is 0. The summed E-state index contributed by atoms with van der Waals surface area (Å²) in [5.41, 5.74) is 1.22. The molecule has 0 saturated heterocycles. The van der Waals surface area contributed by atoms with E-state index in [4.69, 9.17) is 18.9 Å². The van der Waals surface area contributed by atoms with Crippen LogP contribution in [0.1, 0.15) is 29.8 Å². The standard InChI is InChI=1S/C21H23NO6/c1-14(2)11-25-17-6-4-16(5-7-17)21(24)26-12-20(23)22-10-15-3-8-18-19(9-15)28-13-27-18/h3-9,14H,10-13H2,1-2H3,(H,22,23). The average molecular weight is 385 g/mol. The van der Waals surface area contributed by atoms with Gasteiger partial charge in [0.05, 0.1) is 12.2 Å². The van der Waals surface area contributed by atoms with Crippen LogP contribution in [0, 0.1) is 5.92 Å². The van der Waals surface area contributed by atoms with E-state index in [1.54, 1.807) is 36.4 Å². The second-order valence-corrected chi connectivity index (χ2v) is 6.77. The van der Waals surface area contributed by atoms with Crippen LogP contribution in [-0.2, 0) is 16.1 Å². The molecule has 7 nitrogen and oxygen atoms in total. The topological polar surface area (TPSA) is 83.1 Å². The van der Waals surface area contributed by atoms with Gasteiger partial charge < -0.3 is 24.3 Å². The molecule has 148 valence electrons. The van der Waals surface area contributed by atoms with Gasteiger partial charge in [0.15, 0.2) is 18.1 Å². The molecule has 2 aromatic rings. The first-order valence-electron chi connectivity index (χ1n) is 9.06. The molecule has 0 fully saturated rings. The maximum atomic E-state index is 12.1. The van der Waals surface area contributed by atoms with Gasteiger partial charge in [-0.2, -0.15) is 0 Å². The number of hydrogen-bond donors (Lipinski definition) is 1. The Labute approximate surface area is 163 Å². The average Bonchev–Trinajstić information content (AvgIpc) is 3.17. The third-order valence-electron chi connectivity index (χ3n) is 3.93. The summed E-state index contributed by atoms with van der Waals surface area (Å²) in [6.07, 6.45) is 0. The summed E-state index contributed by atoms with van der Waals surface area (Å²) < 4.78 is 21.2. The van der Waals surface area contributed by atoms with E-state index in [2.05, 4.69) is 19.2 Å². The second-order valence-electron chi connectivity index (χ2n) is 6.77. The highest BCUT2D eigenvalue weighted by molar-refractivity contribution is 5.91. The molecule has 1 N–H and O–H groups in total. The van der Waals surface area contributed by atoms with E-state index in [-0.39, 0.29) is 19.3 Å². The van der Waals surface area contributed by atoms with Crippen LogP contribution >= 0.6 is 0 Å². The van der Waals surface area contributed by atoms with Gasteiger partial charge in [0.2, 0.25) is 6.79 Å².